The molecule has 0 radical (unpaired) electrons. The molecule has 0 aromatic heterocycles. The standard InChI is InChI=1S/C14H27N3/c1-11(2)12(3)17(4)9-7-13-6-5-8-14(13,16)10-15/h11-13H,5-9,16H2,1-4H3. The van der Waals surface area contributed by atoms with Gasteiger partial charge in [-0.3, -0.25) is 0 Å². The van der Waals surface area contributed by atoms with Gasteiger partial charge in [0.05, 0.1) is 6.07 Å². The molecule has 1 saturated carbocycles. The second kappa shape index (κ2) is 5.84. The van der Waals surface area contributed by atoms with Crippen molar-refractivity contribution in [3.8, 4) is 6.07 Å². The Morgan fingerprint density at radius 3 is 2.65 bits per heavy atom. The van der Waals surface area contributed by atoms with Crippen LogP contribution in [0.2, 0.25) is 0 Å². The summed E-state index contributed by atoms with van der Waals surface area (Å²) in [4.78, 5) is 2.39. The fourth-order valence-electron chi connectivity index (χ4n) is 2.72. The van der Waals surface area contributed by atoms with E-state index in [-0.39, 0.29) is 0 Å². The quantitative estimate of drug-likeness (QED) is 0.798. The molecule has 0 aromatic carbocycles. The maximum atomic E-state index is 9.17. The molecule has 1 fully saturated rings. The van der Waals surface area contributed by atoms with Gasteiger partial charge in [0.25, 0.3) is 0 Å². The maximum Gasteiger partial charge on any atom is 0.107 e. The van der Waals surface area contributed by atoms with Gasteiger partial charge in [-0.25, -0.2) is 0 Å². The van der Waals surface area contributed by atoms with E-state index in [0.29, 0.717) is 17.9 Å². The predicted octanol–water partition coefficient (Wildman–Crippen LogP) is 2.37. The van der Waals surface area contributed by atoms with Crippen LogP contribution in [0.5, 0.6) is 0 Å². The SMILES string of the molecule is CC(C)C(C)N(C)CCC1CCCC1(N)C#N. The van der Waals surface area contributed by atoms with Crippen molar-refractivity contribution in [3.63, 3.8) is 0 Å². The van der Waals surface area contributed by atoms with Crippen molar-refractivity contribution in [2.24, 2.45) is 17.6 Å². The molecule has 0 aliphatic heterocycles. The second-order valence-electron chi connectivity index (χ2n) is 6.00. The molecule has 17 heavy (non-hydrogen) atoms. The Kier molecular flexibility index (Phi) is 4.97. The lowest BCUT2D eigenvalue weighted by molar-refractivity contribution is 0.188. The van der Waals surface area contributed by atoms with Crippen LogP contribution < -0.4 is 5.73 Å². The van der Waals surface area contributed by atoms with Gasteiger partial charge in [0.2, 0.25) is 0 Å². The minimum atomic E-state index is -0.554. The molecule has 1 aliphatic rings. The molecule has 0 heterocycles. The zero-order valence-corrected chi connectivity index (χ0v) is 11.7. The Labute approximate surface area is 106 Å². The number of nitrogens with two attached hydrogens (primary N) is 1. The molecule has 0 aromatic rings. The Morgan fingerprint density at radius 2 is 2.12 bits per heavy atom. The van der Waals surface area contributed by atoms with E-state index in [1.54, 1.807) is 0 Å². The highest BCUT2D eigenvalue weighted by Gasteiger charge is 2.39. The Hall–Kier alpha value is -0.590. The molecule has 0 bridgehead atoms. The van der Waals surface area contributed by atoms with E-state index < -0.39 is 5.54 Å². The van der Waals surface area contributed by atoms with Gasteiger partial charge < -0.3 is 10.6 Å². The van der Waals surface area contributed by atoms with Gasteiger partial charge in [-0.1, -0.05) is 20.3 Å². The molecular weight excluding hydrogens is 210 g/mol. The summed E-state index contributed by atoms with van der Waals surface area (Å²) in [5, 5.41) is 9.17. The third-order valence-corrected chi connectivity index (χ3v) is 4.57. The monoisotopic (exact) mass is 237 g/mol. The lowest BCUT2D eigenvalue weighted by Gasteiger charge is -2.31. The van der Waals surface area contributed by atoms with Gasteiger partial charge in [-0.15, -0.1) is 0 Å². The number of nitriles is 1. The van der Waals surface area contributed by atoms with Gasteiger partial charge in [0.1, 0.15) is 5.54 Å². The zero-order valence-electron chi connectivity index (χ0n) is 11.7. The fraction of sp³-hybridized carbons (Fsp3) is 0.929. The molecule has 3 nitrogen and oxygen atoms in total. The summed E-state index contributed by atoms with van der Waals surface area (Å²) in [6, 6.07) is 2.91. The van der Waals surface area contributed by atoms with Gasteiger partial charge in [-0.05, 0) is 51.6 Å². The molecule has 0 spiro atoms. The van der Waals surface area contributed by atoms with Crippen LogP contribution in [0.3, 0.4) is 0 Å². The van der Waals surface area contributed by atoms with Crippen LogP contribution in [0.15, 0.2) is 0 Å². The molecule has 1 aliphatic carbocycles. The Bertz CT molecular complexity index is 282. The molecule has 2 N–H and O–H groups in total. The van der Waals surface area contributed by atoms with Crippen molar-refractivity contribution in [1.82, 2.24) is 4.90 Å². The molecule has 3 heteroatoms. The molecule has 0 saturated heterocycles. The van der Waals surface area contributed by atoms with E-state index in [0.717, 1.165) is 32.2 Å². The average Bonchev–Trinajstić information content (AvgIpc) is 2.67. The van der Waals surface area contributed by atoms with Crippen LogP contribution in [0.1, 0.15) is 46.5 Å². The van der Waals surface area contributed by atoms with Crippen LogP contribution in [0.4, 0.5) is 0 Å². The van der Waals surface area contributed by atoms with E-state index in [1.807, 2.05) is 0 Å². The molecule has 3 atom stereocenters. The van der Waals surface area contributed by atoms with Crippen LogP contribution >= 0.6 is 0 Å². The topological polar surface area (TPSA) is 53.0 Å². The lowest BCUT2D eigenvalue weighted by atomic mass is 9.87. The largest absolute Gasteiger partial charge is 0.313 e. The van der Waals surface area contributed by atoms with Crippen molar-refractivity contribution < 1.29 is 0 Å². The minimum absolute atomic E-state index is 0.384. The third kappa shape index (κ3) is 3.43. The van der Waals surface area contributed by atoms with Gasteiger partial charge in [0, 0.05) is 6.04 Å². The summed E-state index contributed by atoms with van der Waals surface area (Å²) in [5.41, 5.74) is 5.59. The van der Waals surface area contributed by atoms with E-state index in [2.05, 4.69) is 38.8 Å². The van der Waals surface area contributed by atoms with Crippen molar-refractivity contribution in [2.75, 3.05) is 13.6 Å². The summed E-state index contributed by atoms with van der Waals surface area (Å²) in [7, 11) is 2.17. The fourth-order valence-corrected chi connectivity index (χ4v) is 2.72. The van der Waals surface area contributed by atoms with E-state index in [1.165, 1.54) is 0 Å². The molecule has 3 unspecified atom stereocenters. The van der Waals surface area contributed by atoms with Gasteiger partial charge in [0.15, 0.2) is 0 Å². The molecule has 98 valence electrons. The Balaban J connectivity index is 2.44. The Morgan fingerprint density at radius 1 is 1.47 bits per heavy atom. The second-order valence-corrected chi connectivity index (χ2v) is 6.00. The van der Waals surface area contributed by atoms with Crippen molar-refractivity contribution >= 4 is 0 Å². The zero-order chi connectivity index (χ0) is 13.1. The van der Waals surface area contributed by atoms with Gasteiger partial charge >= 0.3 is 0 Å². The first kappa shape index (κ1) is 14.5. The summed E-state index contributed by atoms with van der Waals surface area (Å²) in [6.07, 6.45) is 4.15. The normalized spacial score (nSPS) is 30.8. The summed E-state index contributed by atoms with van der Waals surface area (Å²) in [5.74, 6) is 1.05. The lowest BCUT2D eigenvalue weighted by Crippen LogP contribution is -2.43. The number of hydrogen-bond donors (Lipinski definition) is 1. The summed E-state index contributed by atoms with van der Waals surface area (Å²) in [6.45, 7) is 7.81. The van der Waals surface area contributed by atoms with E-state index in [4.69, 9.17) is 11.0 Å². The van der Waals surface area contributed by atoms with Crippen LogP contribution in [0, 0.1) is 23.2 Å². The average molecular weight is 237 g/mol. The minimum Gasteiger partial charge on any atom is -0.313 e. The highest BCUT2D eigenvalue weighted by Crippen LogP contribution is 2.35. The maximum absolute atomic E-state index is 9.17. The predicted molar refractivity (Wildman–Crippen MR) is 71.4 cm³/mol. The van der Waals surface area contributed by atoms with Crippen molar-refractivity contribution in [3.05, 3.63) is 0 Å². The molecule has 1 rings (SSSR count). The smallest absolute Gasteiger partial charge is 0.107 e. The molecule has 0 amide bonds. The molecular formula is C14H27N3. The first-order valence-corrected chi connectivity index (χ1v) is 6.81. The van der Waals surface area contributed by atoms with Crippen molar-refractivity contribution in [1.29, 1.82) is 5.26 Å². The summed E-state index contributed by atoms with van der Waals surface area (Å²) < 4.78 is 0. The van der Waals surface area contributed by atoms with E-state index in [9.17, 15) is 0 Å². The van der Waals surface area contributed by atoms with E-state index >= 15 is 0 Å². The third-order valence-electron chi connectivity index (χ3n) is 4.57. The highest BCUT2D eigenvalue weighted by atomic mass is 15.1. The first-order valence-electron chi connectivity index (χ1n) is 6.81. The van der Waals surface area contributed by atoms with Crippen LogP contribution in [-0.2, 0) is 0 Å². The highest BCUT2D eigenvalue weighted by molar-refractivity contribution is 5.11. The van der Waals surface area contributed by atoms with Crippen molar-refractivity contribution in [2.45, 2.75) is 58.0 Å². The van der Waals surface area contributed by atoms with Crippen LogP contribution in [-0.4, -0.2) is 30.1 Å². The van der Waals surface area contributed by atoms with Crippen LogP contribution in [0.25, 0.3) is 0 Å². The number of nitrogens with zero attached hydrogens (tertiary/aromatic N) is 2. The number of hydrogen-bond acceptors (Lipinski definition) is 3. The first-order chi connectivity index (χ1) is 7.90. The summed E-state index contributed by atoms with van der Waals surface area (Å²) >= 11 is 0. The number of rotatable bonds is 5. The van der Waals surface area contributed by atoms with Gasteiger partial charge in [-0.2, -0.15) is 5.26 Å².